The van der Waals surface area contributed by atoms with Crippen LogP contribution in [0.5, 0.6) is 0 Å². The highest BCUT2D eigenvalue weighted by Gasteiger charge is 2.25. The second-order valence-electron chi connectivity index (χ2n) is 8.04. The van der Waals surface area contributed by atoms with Crippen molar-refractivity contribution >= 4 is 11.7 Å². The number of carbonyl (C=O) groups excluding carboxylic acids is 1. The van der Waals surface area contributed by atoms with E-state index in [1.54, 1.807) is 0 Å². The van der Waals surface area contributed by atoms with Gasteiger partial charge in [0.15, 0.2) is 0 Å². The molecule has 4 rings (SSSR count). The van der Waals surface area contributed by atoms with Crippen molar-refractivity contribution in [1.82, 2.24) is 15.2 Å². The monoisotopic (exact) mass is 378 g/mol. The van der Waals surface area contributed by atoms with Crippen molar-refractivity contribution in [2.45, 2.75) is 32.7 Å². The van der Waals surface area contributed by atoms with E-state index in [4.69, 9.17) is 0 Å². The molecule has 3 heterocycles. The molecule has 0 bridgehead atoms. The highest BCUT2D eigenvalue weighted by molar-refractivity contribution is 5.78. The topological polar surface area (TPSA) is 48.5 Å². The van der Waals surface area contributed by atoms with Crippen molar-refractivity contribution in [1.29, 1.82) is 0 Å². The molecule has 1 amide bonds. The van der Waals surface area contributed by atoms with Crippen molar-refractivity contribution < 1.29 is 4.79 Å². The first-order valence-electron chi connectivity index (χ1n) is 10.4. The molecule has 0 unspecified atom stereocenters. The zero-order chi connectivity index (χ0) is 19.3. The van der Waals surface area contributed by atoms with Gasteiger partial charge in [0.25, 0.3) is 0 Å². The Morgan fingerprint density at radius 2 is 1.89 bits per heavy atom. The first-order chi connectivity index (χ1) is 13.7. The summed E-state index contributed by atoms with van der Waals surface area (Å²) in [6.45, 7) is 7.58. The molecule has 1 fully saturated rings. The van der Waals surface area contributed by atoms with Gasteiger partial charge in [-0.3, -0.25) is 9.69 Å². The fourth-order valence-electron chi connectivity index (χ4n) is 4.24. The minimum Gasteiger partial charge on any atom is -0.357 e. The molecule has 1 N–H and O–H groups in total. The van der Waals surface area contributed by atoms with E-state index in [2.05, 4.69) is 63.4 Å². The maximum Gasteiger partial charge on any atom is 0.223 e. The van der Waals surface area contributed by atoms with Crippen molar-refractivity contribution in [3.63, 3.8) is 0 Å². The van der Waals surface area contributed by atoms with Crippen molar-refractivity contribution in [3.8, 4) is 0 Å². The van der Waals surface area contributed by atoms with Gasteiger partial charge in [0.05, 0.1) is 0 Å². The van der Waals surface area contributed by atoms with E-state index in [9.17, 15) is 4.79 Å². The van der Waals surface area contributed by atoms with E-state index in [1.807, 2.05) is 6.20 Å². The number of hydrogen-bond acceptors (Lipinski definition) is 4. The number of aryl methyl sites for hydroxylation is 1. The highest BCUT2D eigenvalue weighted by Crippen LogP contribution is 2.22. The number of anilines is 1. The summed E-state index contributed by atoms with van der Waals surface area (Å²) in [7, 11) is 0. The normalized spacial score (nSPS) is 18.0. The average Bonchev–Trinajstić information content (AvgIpc) is 2.74. The van der Waals surface area contributed by atoms with E-state index in [-0.39, 0.29) is 11.8 Å². The number of nitrogens with one attached hydrogen (secondary N) is 1. The Bertz CT molecular complexity index is 797. The first-order valence-corrected chi connectivity index (χ1v) is 10.4. The van der Waals surface area contributed by atoms with Gasteiger partial charge in [-0.25, -0.2) is 4.98 Å². The number of amides is 1. The van der Waals surface area contributed by atoms with Gasteiger partial charge in [-0.15, -0.1) is 0 Å². The van der Waals surface area contributed by atoms with Gasteiger partial charge in [0, 0.05) is 51.4 Å². The van der Waals surface area contributed by atoms with Crippen LogP contribution in [0, 0.1) is 12.8 Å². The number of rotatable bonds is 5. The first kappa shape index (κ1) is 18.9. The van der Waals surface area contributed by atoms with Crippen LogP contribution in [0.2, 0.25) is 0 Å². The smallest absolute Gasteiger partial charge is 0.223 e. The van der Waals surface area contributed by atoms with Crippen molar-refractivity contribution in [2.75, 3.05) is 37.6 Å². The summed E-state index contributed by atoms with van der Waals surface area (Å²) in [6.07, 6.45) is 4.82. The summed E-state index contributed by atoms with van der Waals surface area (Å²) in [5, 5.41) is 3.17. The molecule has 1 aromatic carbocycles. The number of hydrogen-bond donors (Lipinski definition) is 1. The van der Waals surface area contributed by atoms with E-state index in [1.165, 1.54) is 16.7 Å². The molecule has 0 spiro atoms. The molecule has 0 saturated carbocycles. The number of carbonyl (C=O) groups is 1. The second-order valence-corrected chi connectivity index (χ2v) is 8.04. The van der Waals surface area contributed by atoms with Crippen LogP contribution in [0.1, 0.15) is 29.5 Å². The van der Waals surface area contributed by atoms with Gasteiger partial charge in [-0.05, 0) is 48.9 Å². The second kappa shape index (κ2) is 8.74. The standard InChI is InChI=1S/C23H30N4O/c1-18-6-7-22(25-16-18)27-13-9-20(10-14-27)23(28)24-11-15-26-12-8-19-4-2-3-5-21(19)17-26/h2-7,16,20H,8-15,17H2,1H3,(H,24,28). The number of aromatic nitrogens is 1. The Morgan fingerprint density at radius 1 is 1.11 bits per heavy atom. The SMILES string of the molecule is Cc1ccc(N2CCC(C(=O)NCCN3CCc4ccccc4C3)CC2)nc1. The van der Waals surface area contributed by atoms with Crippen LogP contribution < -0.4 is 10.2 Å². The zero-order valence-electron chi connectivity index (χ0n) is 16.7. The summed E-state index contributed by atoms with van der Waals surface area (Å²) in [5.74, 6) is 1.37. The molecule has 2 aliphatic rings. The van der Waals surface area contributed by atoms with Gasteiger partial charge in [-0.2, -0.15) is 0 Å². The van der Waals surface area contributed by atoms with Crippen LogP contribution in [-0.2, 0) is 17.8 Å². The maximum absolute atomic E-state index is 12.6. The molecular weight excluding hydrogens is 348 g/mol. The number of benzene rings is 1. The minimum absolute atomic E-state index is 0.129. The fraction of sp³-hybridized carbons (Fsp3) is 0.478. The molecule has 0 aliphatic carbocycles. The van der Waals surface area contributed by atoms with Gasteiger partial charge in [-0.1, -0.05) is 30.3 Å². The van der Waals surface area contributed by atoms with Crippen LogP contribution in [0.3, 0.4) is 0 Å². The van der Waals surface area contributed by atoms with Crippen LogP contribution >= 0.6 is 0 Å². The molecular formula is C23H30N4O. The molecule has 0 radical (unpaired) electrons. The molecule has 1 saturated heterocycles. The van der Waals surface area contributed by atoms with Crippen LogP contribution in [0.4, 0.5) is 5.82 Å². The lowest BCUT2D eigenvalue weighted by Crippen LogP contribution is -2.43. The van der Waals surface area contributed by atoms with E-state index < -0.39 is 0 Å². The molecule has 0 atom stereocenters. The van der Waals surface area contributed by atoms with Crippen molar-refractivity contribution in [3.05, 3.63) is 59.3 Å². The minimum atomic E-state index is 0.129. The molecule has 2 aliphatic heterocycles. The lowest BCUT2D eigenvalue weighted by Gasteiger charge is -2.32. The number of piperidine rings is 1. The van der Waals surface area contributed by atoms with E-state index in [0.29, 0.717) is 0 Å². The summed E-state index contributed by atoms with van der Waals surface area (Å²) in [5.41, 5.74) is 4.07. The highest BCUT2D eigenvalue weighted by atomic mass is 16.1. The van der Waals surface area contributed by atoms with Gasteiger partial charge in [0.2, 0.25) is 5.91 Å². The number of fused-ring (bicyclic) bond motifs is 1. The molecule has 2 aromatic rings. The van der Waals surface area contributed by atoms with Crippen molar-refractivity contribution in [2.24, 2.45) is 5.92 Å². The fourth-order valence-corrected chi connectivity index (χ4v) is 4.24. The Morgan fingerprint density at radius 3 is 2.64 bits per heavy atom. The molecule has 28 heavy (non-hydrogen) atoms. The predicted molar refractivity (Wildman–Crippen MR) is 112 cm³/mol. The summed E-state index contributed by atoms with van der Waals surface area (Å²) < 4.78 is 0. The Labute approximate surface area is 167 Å². The summed E-state index contributed by atoms with van der Waals surface area (Å²) in [4.78, 5) is 21.8. The van der Waals surface area contributed by atoms with Crippen LogP contribution in [0.25, 0.3) is 0 Å². The lowest BCUT2D eigenvalue weighted by atomic mass is 9.96. The third-order valence-electron chi connectivity index (χ3n) is 6.02. The average molecular weight is 379 g/mol. The van der Waals surface area contributed by atoms with E-state index >= 15 is 0 Å². The Kier molecular flexibility index (Phi) is 5.91. The third-order valence-corrected chi connectivity index (χ3v) is 6.02. The lowest BCUT2D eigenvalue weighted by molar-refractivity contribution is -0.125. The maximum atomic E-state index is 12.6. The largest absolute Gasteiger partial charge is 0.357 e. The van der Waals surface area contributed by atoms with Gasteiger partial charge in [0.1, 0.15) is 5.82 Å². The molecule has 5 nitrogen and oxygen atoms in total. The van der Waals surface area contributed by atoms with Gasteiger partial charge >= 0.3 is 0 Å². The third kappa shape index (κ3) is 4.53. The molecule has 148 valence electrons. The van der Waals surface area contributed by atoms with Crippen LogP contribution in [0.15, 0.2) is 42.6 Å². The number of nitrogens with zero attached hydrogens (tertiary/aromatic N) is 3. The number of pyridine rings is 1. The van der Waals surface area contributed by atoms with Crippen LogP contribution in [-0.4, -0.2) is 48.5 Å². The zero-order valence-corrected chi connectivity index (χ0v) is 16.7. The predicted octanol–water partition coefficient (Wildman–Crippen LogP) is 2.78. The summed E-state index contributed by atoms with van der Waals surface area (Å²) >= 11 is 0. The quantitative estimate of drug-likeness (QED) is 0.869. The van der Waals surface area contributed by atoms with Gasteiger partial charge < -0.3 is 10.2 Å². The molecule has 5 heteroatoms. The Balaban J connectivity index is 1.19. The van der Waals surface area contributed by atoms with E-state index in [0.717, 1.165) is 64.3 Å². The molecule has 1 aromatic heterocycles. The summed E-state index contributed by atoms with van der Waals surface area (Å²) in [6, 6.07) is 12.9. The Hall–Kier alpha value is -2.40.